The molecule has 0 aliphatic heterocycles. The minimum Gasteiger partial charge on any atom is -0.457 e. The Labute approximate surface area is 115 Å². The zero-order chi connectivity index (χ0) is 13.7. The molecule has 0 amide bonds. The third-order valence-electron chi connectivity index (χ3n) is 3.29. The van der Waals surface area contributed by atoms with Crippen LogP contribution in [0, 0.1) is 0 Å². The summed E-state index contributed by atoms with van der Waals surface area (Å²) in [6.45, 7) is 4.48. The molecule has 2 aromatic carbocycles. The van der Waals surface area contributed by atoms with Crippen LogP contribution in [-0.2, 0) is 0 Å². The van der Waals surface area contributed by atoms with E-state index < -0.39 is 0 Å². The molecular weight excluding hydrogens is 234 g/mol. The van der Waals surface area contributed by atoms with Gasteiger partial charge in [-0.15, -0.1) is 0 Å². The summed E-state index contributed by atoms with van der Waals surface area (Å²) in [5.74, 6) is 2.27. The Hall–Kier alpha value is -1.96. The van der Waals surface area contributed by atoms with Crippen molar-refractivity contribution in [3.63, 3.8) is 0 Å². The molecule has 0 fully saturated rings. The molecule has 2 heteroatoms. The third kappa shape index (κ3) is 3.75. The second kappa shape index (κ2) is 6.28. The van der Waals surface area contributed by atoms with Gasteiger partial charge in [0.05, 0.1) is 0 Å². The first-order chi connectivity index (χ1) is 9.19. The van der Waals surface area contributed by atoms with Crippen molar-refractivity contribution in [2.45, 2.75) is 32.6 Å². The number of hydrogen-bond acceptors (Lipinski definition) is 2. The number of nitrogens with two attached hydrogens (primary N) is 1. The van der Waals surface area contributed by atoms with Gasteiger partial charge in [-0.3, -0.25) is 0 Å². The van der Waals surface area contributed by atoms with E-state index in [1.54, 1.807) is 0 Å². The lowest BCUT2D eigenvalue weighted by molar-refractivity contribution is 0.482. The second-order valence-electron chi connectivity index (χ2n) is 4.93. The normalized spacial score (nSPS) is 12.1. The van der Waals surface area contributed by atoms with Crippen molar-refractivity contribution >= 4 is 5.69 Å². The quantitative estimate of drug-likeness (QED) is 0.766. The van der Waals surface area contributed by atoms with E-state index in [1.807, 2.05) is 36.4 Å². The Morgan fingerprint density at radius 1 is 0.947 bits per heavy atom. The van der Waals surface area contributed by atoms with Crippen molar-refractivity contribution in [1.82, 2.24) is 0 Å². The fraction of sp³-hybridized carbons (Fsp3) is 0.294. The summed E-state index contributed by atoms with van der Waals surface area (Å²) in [6.07, 6.45) is 2.43. The lowest BCUT2D eigenvalue weighted by atomic mass is 9.97. The van der Waals surface area contributed by atoms with Crippen LogP contribution in [0.3, 0.4) is 0 Å². The van der Waals surface area contributed by atoms with Crippen molar-refractivity contribution in [3.8, 4) is 11.5 Å². The third-order valence-corrected chi connectivity index (χ3v) is 3.29. The highest BCUT2D eigenvalue weighted by Crippen LogP contribution is 2.26. The molecule has 1 atom stereocenters. The van der Waals surface area contributed by atoms with Crippen LogP contribution < -0.4 is 10.5 Å². The Balaban J connectivity index is 2.04. The first-order valence-corrected chi connectivity index (χ1v) is 6.82. The molecule has 100 valence electrons. The van der Waals surface area contributed by atoms with Crippen molar-refractivity contribution in [2.75, 3.05) is 5.73 Å². The van der Waals surface area contributed by atoms with Gasteiger partial charge in [-0.1, -0.05) is 32.4 Å². The molecule has 2 aromatic rings. The van der Waals surface area contributed by atoms with Crippen molar-refractivity contribution in [3.05, 3.63) is 54.1 Å². The molecule has 2 N–H and O–H groups in total. The van der Waals surface area contributed by atoms with E-state index in [1.165, 1.54) is 18.4 Å². The van der Waals surface area contributed by atoms with Gasteiger partial charge >= 0.3 is 0 Å². The predicted molar refractivity (Wildman–Crippen MR) is 80.7 cm³/mol. The lowest BCUT2D eigenvalue weighted by Gasteiger charge is -2.11. The van der Waals surface area contributed by atoms with E-state index in [2.05, 4.69) is 26.0 Å². The second-order valence-corrected chi connectivity index (χ2v) is 4.93. The average molecular weight is 255 g/mol. The van der Waals surface area contributed by atoms with Crippen LogP contribution in [0.15, 0.2) is 48.5 Å². The number of hydrogen-bond donors (Lipinski definition) is 1. The summed E-state index contributed by atoms with van der Waals surface area (Å²) >= 11 is 0. The van der Waals surface area contributed by atoms with E-state index in [0.29, 0.717) is 5.92 Å². The van der Waals surface area contributed by atoms with Crippen LogP contribution in [0.2, 0.25) is 0 Å². The zero-order valence-electron chi connectivity index (χ0n) is 11.6. The molecule has 0 aromatic heterocycles. The molecule has 19 heavy (non-hydrogen) atoms. The van der Waals surface area contributed by atoms with Gasteiger partial charge in [-0.05, 0) is 54.3 Å². The van der Waals surface area contributed by atoms with Crippen LogP contribution in [-0.4, -0.2) is 0 Å². The average Bonchev–Trinajstić information content (AvgIpc) is 2.42. The SMILES string of the molecule is CCCC(C)c1ccc(Oc2ccc(N)cc2)cc1. The van der Waals surface area contributed by atoms with E-state index in [0.717, 1.165) is 17.2 Å². The molecule has 0 aliphatic carbocycles. The Kier molecular flexibility index (Phi) is 4.45. The van der Waals surface area contributed by atoms with Crippen molar-refractivity contribution in [2.24, 2.45) is 0 Å². The van der Waals surface area contributed by atoms with E-state index in [-0.39, 0.29) is 0 Å². The van der Waals surface area contributed by atoms with Gasteiger partial charge < -0.3 is 10.5 Å². The number of anilines is 1. The van der Waals surface area contributed by atoms with E-state index in [9.17, 15) is 0 Å². The molecule has 0 spiro atoms. The first kappa shape index (κ1) is 13.5. The highest BCUT2D eigenvalue weighted by molar-refractivity contribution is 5.43. The Morgan fingerprint density at radius 2 is 1.47 bits per heavy atom. The van der Waals surface area contributed by atoms with Gasteiger partial charge in [0.15, 0.2) is 0 Å². The van der Waals surface area contributed by atoms with Crippen molar-refractivity contribution in [1.29, 1.82) is 0 Å². The van der Waals surface area contributed by atoms with Gasteiger partial charge in [0.25, 0.3) is 0 Å². The summed E-state index contributed by atoms with van der Waals surface area (Å²) in [5, 5.41) is 0. The first-order valence-electron chi connectivity index (χ1n) is 6.82. The molecule has 0 saturated carbocycles. The highest BCUT2D eigenvalue weighted by atomic mass is 16.5. The molecule has 2 rings (SSSR count). The number of nitrogen functional groups attached to an aromatic ring is 1. The van der Waals surface area contributed by atoms with Gasteiger partial charge in [-0.2, -0.15) is 0 Å². The summed E-state index contributed by atoms with van der Waals surface area (Å²) in [6, 6.07) is 15.8. The lowest BCUT2D eigenvalue weighted by Crippen LogP contribution is -1.93. The Bertz CT molecular complexity index is 502. The molecule has 0 radical (unpaired) electrons. The highest BCUT2D eigenvalue weighted by Gasteiger charge is 2.04. The Morgan fingerprint density at radius 3 is 2.00 bits per heavy atom. The fourth-order valence-electron chi connectivity index (χ4n) is 2.14. The summed E-state index contributed by atoms with van der Waals surface area (Å²) in [5.41, 5.74) is 7.76. The maximum atomic E-state index is 5.77. The molecule has 0 aliphatic rings. The molecule has 2 nitrogen and oxygen atoms in total. The molecular formula is C17H21NO. The fourth-order valence-corrected chi connectivity index (χ4v) is 2.14. The van der Waals surface area contributed by atoms with E-state index in [4.69, 9.17) is 10.5 Å². The topological polar surface area (TPSA) is 35.2 Å². The minimum atomic E-state index is 0.607. The van der Waals surface area contributed by atoms with Crippen LogP contribution in [0.25, 0.3) is 0 Å². The maximum Gasteiger partial charge on any atom is 0.127 e. The maximum absolute atomic E-state index is 5.77. The number of rotatable bonds is 5. The van der Waals surface area contributed by atoms with Gasteiger partial charge in [0.1, 0.15) is 11.5 Å². The van der Waals surface area contributed by atoms with E-state index >= 15 is 0 Å². The predicted octanol–water partition coefficient (Wildman–Crippen LogP) is 4.96. The standard InChI is InChI=1S/C17H21NO/c1-3-4-13(2)14-5-9-16(10-6-14)19-17-11-7-15(18)8-12-17/h5-13H,3-4,18H2,1-2H3. The smallest absolute Gasteiger partial charge is 0.127 e. The summed E-state index contributed by atoms with van der Waals surface area (Å²) in [7, 11) is 0. The zero-order valence-corrected chi connectivity index (χ0v) is 11.6. The molecule has 0 heterocycles. The number of benzene rings is 2. The molecule has 1 unspecified atom stereocenters. The minimum absolute atomic E-state index is 0.607. The van der Waals surface area contributed by atoms with Crippen LogP contribution >= 0.6 is 0 Å². The van der Waals surface area contributed by atoms with Crippen LogP contribution in [0.4, 0.5) is 5.69 Å². The monoisotopic (exact) mass is 255 g/mol. The van der Waals surface area contributed by atoms with Gasteiger partial charge in [0.2, 0.25) is 0 Å². The summed E-state index contributed by atoms with van der Waals surface area (Å²) < 4.78 is 5.77. The molecule has 0 saturated heterocycles. The summed E-state index contributed by atoms with van der Waals surface area (Å²) in [4.78, 5) is 0. The van der Waals surface area contributed by atoms with Crippen LogP contribution in [0.5, 0.6) is 11.5 Å². The number of ether oxygens (including phenoxy) is 1. The molecule has 0 bridgehead atoms. The largest absolute Gasteiger partial charge is 0.457 e. The van der Waals surface area contributed by atoms with Gasteiger partial charge in [-0.25, -0.2) is 0 Å². The van der Waals surface area contributed by atoms with Crippen molar-refractivity contribution < 1.29 is 4.74 Å². The van der Waals surface area contributed by atoms with Crippen LogP contribution in [0.1, 0.15) is 38.2 Å². The van der Waals surface area contributed by atoms with Gasteiger partial charge in [0, 0.05) is 5.69 Å².